The van der Waals surface area contributed by atoms with Crippen LogP contribution in [-0.4, -0.2) is 34.6 Å². The number of nitrogens with zero attached hydrogens (tertiary/aromatic N) is 1. The van der Waals surface area contributed by atoms with E-state index in [1.54, 1.807) is 0 Å². The first kappa shape index (κ1) is 17.3. The van der Waals surface area contributed by atoms with Gasteiger partial charge in [0.05, 0.1) is 12.0 Å². The molecule has 1 aliphatic heterocycles. The van der Waals surface area contributed by atoms with E-state index in [-0.39, 0.29) is 24.0 Å². The number of carbonyl (C=O) groups is 2. The maximum atomic E-state index is 12.7. The number of rotatable bonds is 3. The molecule has 130 valence electrons. The molecule has 24 heavy (non-hydrogen) atoms. The number of nitrogens with one attached hydrogen (secondary N) is 1. The van der Waals surface area contributed by atoms with E-state index in [0.29, 0.717) is 12.8 Å². The van der Waals surface area contributed by atoms with Crippen LogP contribution in [0, 0.1) is 5.92 Å². The molecule has 1 unspecified atom stereocenters. The van der Waals surface area contributed by atoms with E-state index in [0.717, 1.165) is 42.3 Å². The molecule has 2 amide bonds. The smallest absolute Gasteiger partial charge is 0.318 e. The standard InChI is InChI=1S/C18H23BrN2O3/c19-14-4-1-3-13(11-14)16-5-2-10-21(16)18(24)20-15-8-6-12(7-9-15)17(22)23/h1,3-4,11-12,15-16H,2,5-10H2,(H,20,24)(H,22,23). The summed E-state index contributed by atoms with van der Waals surface area (Å²) in [6, 6.07) is 8.34. The van der Waals surface area contributed by atoms with E-state index in [1.807, 2.05) is 17.0 Å². The average molecular weight is 395 g/mol. The molecule has 0 bridgehead atoms. The number of aliphatic carboxylic acids is 1. The number of carboxylic acid groups (broad SMARTS) is 1. The van der Waals surface area contributed by atoms with Crippen molar-refractivity contribution in [3.8, 4) is 0 Å². The number of carbonyl (C=O) groups excluding carboxylic acids is 1. The van der Waals surface area contributed by atoms with Crippen LogP contribution in [0.25, 0.3) is 0 Å². The molecule has 6 heteroatoms. The van der Waals surface area contributed by atoms with Crippen molar-refractivity contribution in [2.45, 2.75) is 50.6 Å². The van der Waals surface area contributed by atoms with Crippen molar-refractivity contribution in [2.75, 3.05) is 6.54 Å². The van der Waals surface area contributed by atoms with Crippen LogP contribution in [0.15, 0.2) is 28.7 Å². The third kappa shape index (κ3) is 3.91. The Kier molecular flexibility index (Phi) is 5.43. The zero-order valence-electron chi connectivity index (χ0n) is 13.6. The monoisotopic (exact) mass is 394 g/mol. The van der Waals surface area contributed by atoms with Gasteiger partial charge in [-0.1, -0.05) is 28.1 Å². The molecule has 1 aromatic rings. The molecule has 1 saturated carbocycles. The molecule has 0 radical (unpaired) electrons. The summed E-state index contributed by atoms with van der Waals surface area (Å²) in [4.78, 5) is 25.6. The maximum Gasteiger partial charge on any atom is 0.318 e. The van der Waals surface area contributed by atoms with Crippen molar-refractivity contribution in [2.24, 2.45) is 5.92 Å². The highest BCUT2D eigenvalue weighted by Gasteiger charge is 2.32. The number of hydrogen-bond acceptors (Lipinski definition) is 2. The molecule has 1 heterocycles. The van der Waals surface area contributed by atoms with Gasteiger partial charge in [-0.2, -0.15) is 0 Å². The molecule has 5 nitrogen and oxygen atoms in total. The second kappa shape index (κ2) is 7.55. The number of carboxylic acids is 1. The lowest BCUT2D eigenvalue weighted by atomic mass is 9.86. The highest BCUT2D eigenvalue weighted by Crippen LogP contribution is 2.33. The van der Waals surface area contributed by atoms with Crippen LogP contribution < -0.4 is 5.32 Å². The first-order chi connectivity index (χ1) is 11.5. The van der Waals surface area contributed by atoms with Gasteiger partial charge in [-0.05, 0) is 56.2 Å². The Balaban J connectivity index is 1.59. The van der Waals surface area contributed by atoms with Gasteiger partial charge in [0.15, 0.2) is 0 Å². The number of urea groups is 1. The molecule has 2 fully saturated rings. The Morgan fingerprint density at radius 2 is 1.92 bits per heavy atom. The van der Waals surface area contributed by atoms with Gasteiger partial charge in [-0.25, -0.2) is 4.79 Å². The third-order valence-electron chi connectivity index (χ3n) is 5.15. The number of benzene rings is 1. The van der Waals surface area contributed by atoms with E-state index in [9.17, 15) is 9.59 Å². The van der Waals surface area contributed by atoms with Crippen LogP contribution in [0.5, 0.6) is 0 Å². The number of amides is 2. The largest absolute Gasteiger partial charge is 0.481 e. The van der Waals surface area contributed by atoms with Crippen LogP contribution in [0.4, 0.5) is 4.79 Å². The molecule has 3 rings (SSSR count). The SMILES string of the molecule is O=C(O)C1CCC(NC(=O)N2CCCC2c2cccc(Br)c2)CC1. The van der Waals surface area contributed by atoms with Crippen LogP contribution >= 0.6 is 15.9 Å². The lowest BCUT2D eigenvalue weighted by molar-refractivity contribution is -0.142. The summed E-state index contributed by atoms with van der Waals surface area (Å²) in [5.74, 6) is -0.964. The molecule has 2 aliphatic rings. The van der Waals surface area contributed by atoms with Gasteiger partial charge in [0.2, 0.25) is 0 Å². The van der Waals surface area contributed by atoms with Gasteiger partial charge in [-0.15, -0.1) is 0 Å². The Morgan fingerprint density at radius 3 is 2.58 bits per heavy atom. The summed E-state index contributed by atoms with van der Waals surface area (Å²) in [6.07, 6.45) is 4.78. The Hall–Kier alpha value is -1.56. The van der Waals surface area contributed by atoms with E-state index in [1.165, 1.54) is 0 Å². The lowest BCUT2D eigenvalue weighted by Gasteiger charge is -2.31. The molecule has 0 spiro atoms. The van der Waals surface area contributed by atoms with E-state index >= 15 is 0 Å². The van der Waals surface area contributed by atoms with Crippen molar-refractivity contribution >= 4 is 27.9 Å². The Labute approximate surface area is 150 Å². The number of hydrogen-bond donors (Lipinski definition) is 2. The van der Waals surface area contributed by atoms with Gasteiger partial charge in [0.25, 0.3) is 0 Å². The number of halogens is 1. The topological polar surface area (TPSA) is 69.6 Å². The number of likely N-dealkylation sites (tertiary alicyclic amines) is 1. The Bertz CT molecular complexity index is 614. The first-order valence-corrected chi connectivity index (χ1v) is 9.39. The van der Waals surface area contributed by atoms with Crippen LogP contribution in [-0.2, 0) is 4.79 Å². The lowest BCUT2D eigenvalue weighted by Crippen LogP contribution is -2.46. The predicted octanol–water partition coefficient (Wildman–Crippen LogP) is 3.94. The van der Waals surface area contributed by atoms with Gasteiger partial charge in [-0.3, -0.25) is 4.79 Å². The van der Waals surface area contributed by atoms with E-state index < -0.39 is 5.97 Å². The minimum Gasteiger partial charge on any atom is -0.481 e. The van der Waals surface area contributed by atoms with Crippen LogP contribution in [0.3, 0.4) is 0 Å². The predicted molar refractivity (Wildman–Crippen MR) is 94.7 cm³/mol. The molecular weight excluding hydrogens is 372 g/mol. The van der Waals surface area contributed by atoms with Gasteiger partial charge >= 0.3 is 12.0 Å². The highest BCUT2D eigenvalue weighted by atomic mass is 79.9. The zero-order chi connectivity index (χ0) is 17.1. The fourth-order valence-electron chi connectivity index (χ4n) is 3.81. The minimum absolute atomic E-state index is 0.0174. The summed E-state index contributed by atoms with van der Waals surface area (Å²) in [5.41, 5.74) is 1.16. The molecule has 2 N–H and O–H groups in total. The molecule has 1 aliphatic carbocycles. The summed E-state index contributed by atoms with van der Waals surface area (Å²) >= 11 is 3.50. The molecule has 1 atom stereocenters. The van der Waals surface area contributed by atoms with Crippen molar-refractivity contribution in [1.82, 2.24) is 10.2 Å². The van der Waals surface area contributed by atoms with Crippen LogP contribution in [0.1, 0.15) is 50.1 Å². The second-order valence-electron chi connectivity index (χ2n) is 6.74. The van der Waals surface area contributed by atoms with E-state index in [4.69, 9.17) is 5.11 Å². The van der Waals surface area contributed by atoms with Crippen molar-refractivity contribution in [3.05, 3.63) is 34.3 Å². The fourth-order valence-corrected chi connectivity index (χ4v) is 4.23. The Morgan fingerprint density at radius 1 is 1.17 bits per heavy atom. The van der Waals surface area contributed by atoms with Crippen molar-refractivity contribution in [3.63, 3.8) is 0 Å². The molecule has 1 saturated heterocycles. The fraction of sp³-hybridized carbons (Fsp3) is 0.556. The normalized spacial score (nSPS) is 27.0. The van der Waals surface area contributed by atoms with Crippen molar-refractivity contribution < 1.29 is 14.7 Å². The van der Waals surface area contributed by atoms with Crippen LogP contribution in [0.2, 0.25) is 0 Å². The summed E-state index contributed by atoms with van der Waals surface area (Å²) in [7, 11) is 0. The minimum atomic E-state index is -0.714. The molecule has 1 aromatic carbocycles. The van der Waals surface area contributed by atoms with Crippen molar-refractivity contribution in [1.29, 1.82) is 0 Å². The summed E-state index contributed by atoms with van der Waals surface area (Å²) < 4.78 is 1.03. The quantitative estimate of drug-likeness (QED) is 0.815. The van der Waals surface area contributed by atoms with Gasteiger partial charge in [0, 0.05) is 17.1 Å². The van der Waals surface area contributed by atoms with E-state index in [2.05, 4.69) is 33.4 Å². The second-order valence-corrected chi connectivity index (χ2v) is 7.66. The molecular formula is C18H23BrN2O3. The maximum absolute atomic E-state index is 12.7. The highest BCUT2D eigenvalue weighted by molar-refractivity contribution is 9.10. The summed E-state index contributed by atoms with van der Waals surface area (Å²) in [5, 5.41) is 12.2. The average Bonchev–Trinajstić information content (AvgIpc) is 3.05. The third-order valence-corrected chi connectivity index (χ3v) is 5.64. The summed E-state index contributed by atoms with van der Waals surface area (Å²) in [6.45, 7) is 0.771. The molecule has 0 aromatic heterocycles. The zero-order valence-corrected chi connectivity index (χ0v) is 15.2. The first-order valence-electron chi connectivity index (χ1n) is 8.60. The van der Waals surface area contributed by atoms with Gasteiger partial charge in [0.1, 0.15) is 0 Å². The van der Waals surface area contributed by atoms with Gasteiger partial charge < -0.3 is 15.3 Å².